The van der Waals surface area contributed by atoms with Gasteiger partial charge in [0.25, 0.3) is 0 Å². The molecule has 206 valence electrons. The summed E-state index contributed by atoms with van der Waals surface area (Å²) in [5, 5.41) is 7.95. The van der Waals surface area contributed by atoms with Crippen LogP contribution in [0.25, 0.3) is 6.08 Å². The zero-order valence-electron chi connectivity index (χ0n) is 23.9. The highest BCUT2D eigenvalue weighted by Crippen LogP contribution is 2.27. The van der Waals surface area contributed by atoms with Crippen LogP contribution in [0.5, 0.6) is 0 Å². The Morgan fingerprint density at radius 3 is 2.57 bits per heavy atom. The van der Waals surface area contributed by atoms with Gasteiger partial charge in [-0.3, -0.25) is 9.58 Å². The van der Waals surface area contributed by atoms with E-state index < -0.39 is 5.97 Å². The van der Waals surface area contributed by atoms with Gasteiger partial charge in [-0.1, -0.05) is 65.2 Å². The molecule has 1 unspecified atom stereocenters. The molecule has 2 rings (SSSR count). The minimum atomic E-state index is -1.09. The van der Waals surface area contributed by atoms with Gasteiger partial charge in [-0.25, -0.2) is 9.74 Å². The van der Waals surface area contributed by atoms with Crippen LogP contribution in [-0.4, -0.2) is 39.9 Å². The van der Waals surface area contributed by atoms with Gasteiger partial charge in [0, 0.05) is 22.5 Å². The number of likely N-dealkylation sites (N-methyl/N-ethyl adjacent to an activating group) is 1. The summed E-state index contributed by atoms with van der Waals surface area (Å²) in [7, 11) is 0. The van der Waals surface area contributed by atoms with Crippen molar-refractivity contribution in [3.63, 3.8) is 0 Å². The summed E-state index contributed by atoms with van der Waals surface area (Å²) >= 11 is 0. The summed E-state index contributed by atoms with van der Waals surface area (Å²) < 4.78 is 14.1. The molecule has 1 aromatic carbocycles. The van der Waals surface area contributed by atoms with E-state index in [-0.39, 0.29) is 11.9 Å². The molecule has 0 spiro atoms. The van der Waals surface area contributed by atoms with Gasteiger partial charge >= 0.3 is 5.97 Å². The third-order valence-electron chi connectivity index (χ3n) is 6.23. The Hall–Kier alpha value is -2.93. The maximum Gasteiger partial charge on any atom is 0.399 e. The highest BCUT2D eigenvalue weighted by Gasteiger charge is 2.18. The Bertz CT molecular complexity index is 1000. The predicted octanol–water partition coefficient (Wildman–Crippen LogP) is 7.87. The molecule has 0 saturated heterocycles. The third-order valence-corrected chi connectivity index (χ3v) is 6.23. The van der Waals surface area contributed by atoms with E-state index in [1.807, 2.05) is 26.8 Å². The highest BCUT2D eigenvalue weighted by atomic mass is 19.3. The van der Waals surface area contributed by atoms with Gasteiger partial charge in [0.05, 0.1) is 12.7 Å². The maximum atomic E-state index is 12.4. The number of hydrogen-bond acceptors (Lipinski definition) is 5. The Morgan fingerprint density at radius 2 is 1.95 bits per heavy atom. The molecule has 1 N–H and O–H groups in total. The van der Waals surface area contributed by atoms with E-state index in [1.54, 1.807) is 4.68 Å². The number of carbonyl (C=O) groups excluding carboxylic acids is 1. The number of carbonyl (C=O) groups is 1. The van der Waals surface area contributed by atoms with Crippen LogP contribution >= 0.6 is 0 Å². The molecule has 1 aromatic heterocycles. The molecule has 0 aliphatic rings. The molecule has 1 atom stereocenters. The second-order valence-electron chi connectivity index (χ2n) is 9.01. The number of aromatic nitrogens is 2. The van der Waals surface area contributed by atoms with Gasteiger partial charge in [-0.05, 0) is 75.0 Å². The summed E-state index contributed by atoms with van der Waals surface area (Å²) in [6, 6.07) is 5.88. The Balaban J connectivity index is 0.00000334. The number of aryl methyl sites for hydroxylation is 2. The van der Waals surface area contributed by atoms with E-state index in [0.717, 1.165) is 47.6 Å². The van der Waals surface area contributed by atoms with Gasteiger partial charge < -0.3 is 5.32 Å². The number of hydrogen-bond donors (Lipinski definition) is 1. The lowest BCUT2D eigenvalue weighted by atomic mass is 10.0. The van der Waals surface area contributed by atoms with Crippen molar-refractivity contribution in [1.29, 1.82) is 0 Å². The van der Waals surface area contributed by atoms with Crippen molar-refractivity contribution in [3.8, 4) is 0 Å². The fourth-order valence-corrected chi connectivity index (χ4v) is 4.22. The smallest absolute Gasteiger partial charge is 0.369 e. The van der Waals surface area contributed by atoms with Crippen LogP contribution in [0.15, 0.2) is 36.9 Å². The summed E-state index contributed by atoms with van der Waals surface area (Å²) in [6.45, 7) is 20.4. The van der Waals surface area contributed by atoms with Gasteiger partial charge in [-0.15, -0.1) is 6.58 Å². The van der Waals surface area contributed by atoms with E-state index >= 15 is 0 Å². The van der Waals surface area contributed by atoms with Crippen LogP contribution in [0.4, 0.5) is 10.2 Å². The van der Waals surface area contributed by atoms with Crippen LogP contribution in [-0.2, 0) is 11.5 Å². The number of benzene rings is 1. The molecule has 0 aliphatic carbocycles. The molecule has 37 heavy (non-hydrogen) atoms. The van der Waals surface area contributed by atoms with Crippen molar-refractivity contribution in [2.75, 3.05) is 18.4 Å². The molecule has 0 saturated carbocycles. The van der Waals surface area contributed by atoms with Gasteiger partial charge in [-0.2, -0.15) is 5.10 Å². The molecule has 0 radical (unpaired) electrons. The monoisotopic (exact) mass is 514 g/mol. The van der Waals surface area contributed by atoms with Crippen LogP contribution in [0.1, 0.15) is 99.6 Å². The van der Waals surface area contributed by atoms with Crippen LogP contribution in [0.2, 0.25) is 0 Å². The quantitative estimate of drug-likeness (QED) is 0.149. The second kappa shape index (κ2) is 17.5. The number of unbranched alkanes of at least 4 members (excludes halogenated alkanes) is 4. The van der Waals surface area contributed by atoms with Crippen molar-refractivity contribution < 1.29 is 14.3 Å². The van der Waals surface area contributed by atoms with Gasteiger partial charge in [0.1, 0.15) is 0 Å². The second-order valence-corrected chi connectivity index (χ2v) is 9.01. The first-order chi connectivity index (χ1) is 17.8. The molecular formula is C30H47FN4O2. The average molecular weight is 515 g/mol. The lowest BCUT2D eigenvalue weighted by Crippen LogP contribution is -2.39. The van der Waals surface area contributed by atoms with E-state index in [4.69, 9.17) is 0 Å². The number of anilines is 1. The molecule has 2 aromatic rings. The van der Waals surface area contributed by atoms with E-state index in [0.29, 0.717) is 6.54 Å². The zero-order valence-corrected chi connectivity index (χ0v) is 23.9. The molecule has 0 bridgehead atoms. The fraction of sp³-hybridized carbons (Fsp3) is 0.533. The maximum absolute atomic E-state index is 12.4. The first-order valence-corrected chi connectivity index (χ1v) is 13.6. The zero-order chi connectivity index (χ0) is 27.8. The van der Waals surface area contributed by atoms with Crippen molar-refractivity contribution in [2.24, 2.45) is 0 Å². The van der Waals surface area contributed by atoms with Crippen LogP contribution in [0.3, 0.4) is 0 Å². The Morgan fingerprint density at radius 1 is 1.22 bits per heavy atom. The Kier molecular flexibility index (Phi) is 15.2. The summed E-state index contributed by atoms with van der Waals surface area (Å²) in [5.74, 6) is -1.09. The van der Waals surface area contributed by atoms with Crippen LogP contribution in [0, 0.1) is 13.8 Å². The fourth-order valence-electron chi connectivity index (χ4n) is 4.22. The molecule has 1 heterocycles. The average Bonchev–Trinajstić information content (AvgIpc) is 3.27. The standard InChI is InChI=1S/C28H41FN4O2.C2H6/c1-7-10-11-12-13-14-15-24-17-21(4)27(30-23(6)32(9-3)16-8-2)25(19-24)20-33-22(5)18-26(31-33)28(34)35-29;1-2/h8,14-15,17-19,23,30H,2,7,9-13,16,20H2,1,3-6H3;1-2H3/b15-14+;. The first kappa shape index (κ1) is 32.1. The summed E-state index contributed by atoms with van der Waals surface area (Å²) in [6.07, 6.45) is 12.4. The largest absolute Gasteiger partial charge is 0.399 e. The number of rotatable bonds is 15. The Labute approximate surface area is 223 Å². The lowest BCUT2D eigenvalue weighted by Gasteiger charge is -2.30. The number of nitrogens with zero attached hydrogens (tertiary/aromatic N) is 3. The molecule has 7 heteroatoms. The van der Waals surface area contributed by atoms with Crippen molar-refractivity contribution in [2.45, 2.75) is 93.3 Å². The van der Waals surface area contributed by atoms with E-state index in [2.05, 4.69) is 78.8 Å². The summed E-state index contributed by atoms with van der Waals surface area (Å²) in [5.41, 5.74) is 5.03. The normalized spacial score (nSPS) is 11.8. The van der Waals surface area contributed by atoms with Gasteiger partial charge in [0.15, 0.2) is 5.69 Å². The topological polar surface area (TPSA) is 59.4 Å². The lowest BCUT2D eigenvalue weighted by molar-refractivity contribution is -0.0793. The molecule has 0 aliphatic heterocycles. The van der Waals surface area contributed by atoms with Crippen molar-refractivity contribution >= 4 is 17.7 Å². The van der Waals surface area contributed by atoms with E-state index in [1.165, 1.54) is 31.7 Å². The predicted molar refractivity (Wildman–Crippen MR) is 153 cm³/mol. The minimum Gasteiger partial charge on any atom is -0.369 e. The van der Waals surface area contributed by atoms with Crippen molar-refractivity contribution in [3.05, 3.63) is 65.0 Å². The van der Waals surface area contributed by atoms with Crippen molar-refractivity contribution in [1.82, 2.24) is 14.7 Å². The SMILES string of the molecule is C=CCN(CC)C(C)Nc1c(C)cc(/C=C/CCCCCC)cc1Cn1nc(C(=O)OF)cc1C.CC. The van der Waals surface area contributed by atoms with Gasteiger partial charge in [0.2, 0.25) is 0 Å². The van der Waals surface area contributed by atoms with E-state index in [9.17, 15) is 9.32 Å². The first-order valence-electron chi connectivity index (χ1n) is 13.6. The molecule has 6 nitrogen and oxygen atoms in total. The third kappa shape index (κ3) is 10.2. The number of halogens is 1. The van der Waals surface area contributed by atoms with Crippen LogP contribution < -0.4 is 5.32 Å². The number of nitrogens with one attached hydrogen (secondary N) is 1. The summed E-state index contributed by atoms with van der Waals surface area (Å²) in [4.78, 5) is 17.3. The highest BCUT2D eigenvalue weighted by molar-refractivity contribution is 5.86. The molecule has 0 fully saturated rings. The number of allylic oxidation sites excluding steroid dienone is 1. The minimum absolute atomic E-state index is 0.0455. The molecular weight excluding hydrogens is 467 g/mol. The molecule has 0 amide bonds.